The maximum absolute atomic E-state index is 8.81. The Hall–Kier alpha value is -0.870. The van der Waals surface area contributed by atoms with E-state index in [1.165, 1.54) is 11.3 Å². The van der Waals surface area contributed by atoms with Crippen LogP contribution in [0.4, 0.5) is 0 Å². The lowest BCUT2D eigenvalue weighted by Gasteiger charge is -2.13. The van der Waals surface area contributed by atoms with Crippen molar-refractivity contribution in [2.24, 2.45) is 0 Å². The van der Waals surface area contributed by atoms with Gasteiger partial charge in [0, 0.05) is 37.0 Å². The van der Waals surface area contributed by atoms with Gasteiger partial charge in [-0.05, 0) is 40.0 Å². The fourth-order valence-electron chi connectivity index (χ4n) is 2.20. The molecule has 0 saturated carbocycles. The van der Waals surface area contributed by atoms with E-state index in [2.05, 4.69) is 42.8 Å². The first-order valence-electron chi connectivity index (χ1n) is 6.97. The van der Waals surface area contributed by atoms with Crippen LogP contribution in [0.3, 0.4) is 0 Å². The summed E-state index contributed by atoms with van der Waals surface area (Å²) in [4.78, 5) is 0. The van der Waals surface area contributed by atoms with Crippen molar-refractivity contribution in [3.63, 3.8) is 0 Å². The van der Waals surface area contributed by atoms with Crippen LogP contribution in [0.5, 0.6) is 0 Å². The fourth-order valence-corrected chi connectivity index (χ4v) is 2.20. The molecule has 0 spiro atoms. The van der Waals surface area contributed by atoms with E-state index in [-0.39, 0.29) is 6.61 Å². The van der Waals surface area contributed by atoms with Gasteiger partial charge in [-0.15, -0.1) is 0 Å². The van der Waals surface area contributed by atoms with Crippen molar-refractivity contribution in [3.05, 3.63) is 17.0 Å². The number of aliphatic hydroxyl groups excluding tert-OH is 1. The summed E-state index contributed by atoms with van der Waals surface area (Å²) in [5, 5.41) is 16.9. The molecule has 0 aromatic carbocycles. The maximum Gasteiger partial charge on any atom is 0.0641 e. The molecule has 4 nitrogen and oxygen atoms in total. The number of rotatable bonds is 8. The number of hydrogen-bond donors (Lipinski definition) is 2. The van der Waals surface area contributed by atoms with Crippen molar-refractivity contribution in [1.29, 1.82) is 0 Å². The minimum Gasteiger partial charge on any atom is -0.396 e. The van der Waals surface area contributed by atoms with Crippen LogP contribution in [0.1, 0.15) is 50.1 Å². The Kier molecular flexibility index (Phi) is 6.36. The highest BCUT2D eigenvalue weighted by Gasteiger charge is 2.11. The highest BCUT2D eigenvalue weighted by molar-refractivity contribution is 5.24. The van der Waals surface area contributed by atoms with Crippen LogP contribution in [-0.4, -0.2) is 27.5 Å². The van der Waals surface area contributed by atoms with E-state index in [0.717, 1.165) is 38.0 Å². The number of aliphatic hydroxyl groups is 1. The summed E-state index contributed by atoms with van der Waals surface area (Å²) in [6, 6.07) is 0.436. The number of nitrogens with one attached hydrogen (secondary N) is 1. The zero-order valence-electron chi connectivity index (χ0n) is 12.2. The molecule has 0 aliphatic rings. The predicted molar refractivity (Wildman–Crippen MR) is 74.6 cm³/mol. The van der Waals surface area contributed by atoms with E-state index in [9.17, 15) is 0 Å². The Morgan fingerprint density at radius 3 is 2.72 bits per heavy atom. The Labute approximate surface area is 110 Å². The van der Waals surface area contributed by atoms with Gasteiger partial charge in [0.25, 0.3) is 0 Å². The summed E-state index contributed by atoms with van der Waals surface area (Å²) in [6.07, 6.45) is 2.99. The zero-order chi connectivity index (χ0) is 13.5. The number of nitrogens with zero attached hydrogens (tertiary/aromatic N) is 2. The van der Waals surface area contributed by atoms with Crippen molar-refractivity contribution >= 4 is 0 Å². The molecule has 1 aromatic heterocycles. The van der Waals surface area contributed by atoms with Crippen molar-refractivity contribution in [2.75, 3.05) is 6.61 Å². The van der Waals surface area contributed by atoms with Gasteiger partial charge < -0.3 is 10.4 Å². The Morgan fingerprint density at radius 2 is 2.11 bits per heavy atom. The van der Waals surface area contributed by atoms with Crippen molar-refractivity contribution < 1.29 is 5.11 Å². The second kappa shape index (κ2) is 7.54. The quantitative estimate of drug-likeness (QED) is 0.746. The fraction of sp³-hybridized carbons (Fsp3) is 0.786. The second-order valence-electron chi connectivity index (χ2n) is 5.02. The summed E-state index contributed by atoms with van der Waals surface area (Å²) in [5.74, 6) is 0. The highest BCUT2D eigenvalue weighted by Crippen LogP contribution is 2.13. The number of hydrogen-bond acceptors (Lipinski definition) is 3. The lowest BCUT2D eigenvalue weighted by Crippen LogP contribution is -2.26. The van der Waals surface area contributed by atoms with Gasteiger partial charge in [-0.1, -0.05) is 6.92 Å². The number of aromatic nitrogens is 2. The third kappa shape index (κ3) is 4.10. The molecule has 1 rings (SSSR count). The molecule has 0 aliphatic carbocycles. The van der Waals surface area contributed by atoms with Gasteiger partial charge in [0.05, 0.1) is 5.69 Å². The molecule has 4 heteroatoms. The Morgan fingerprint density at radius 1 is 1.39 bits per heavy atom. The molecule has 0 amide bonds. The van der Waals surface area contributed by atoms with Gasteiger partial charge >= 0.3 is 0 Å². The van der Waals surface area contributed by atoms with Crippen molar-refractivity contribution in [2.45, 2.75) is 66.1 Å². The molecule has 1 heterocycles. The standard InChI is InChI=1S/C14H27N3O/c1-5-8-17-13(4)14(12(3)16-17)10-15-11(2)7-6-9-18/h11,15,18H,5-10H2,1-4H3. The molecule has 1 atom stereocenters. The Bertz CT molecular complexity index is 360. The first-order valence-corrected chi connectivity index (χ1v) is 6.97. The summed E-state index contributed by atoms with van der Waals surface area (Å²) < 4.78 is 2.10. The summed E-state index contributed by atoms with van der Waals surface area (Å²) in [7, 11) is 0. The predicted octanol–water partition coefficient (Wildman–Crippen LogP) is 2.16. The monoisotopic (exact) mass is 253 g/mol. The van der Waals surface area contributed by atoms with Gasteiger partial charge in [-0.3, -0.25) is 4.68 Å². The van der Waals surface area contributed by atoms with E-state index in [4.69, 9.17) is 5.11 Å². The summed E-state index contributed by atoms with van der Waals surface area (Å²) in [6.45, 7) is 10.7. The summed E-state index contributed by atoms with van der Waals surface area (Å²) in [5.41, 5.74) is 3.72. The van der Waals surface area contributed by atoms with Gasteiger partial charge in [0.15, 0.2) is 0 Å². The number of aryl methyl sites for hydroxylation is 2. The molecule has 0 bridgehead atoms. The van der Waals surface area contributed by atoms with Gasteiger partial charge in [-0.25, -0.2) is 0 Å². The van der Waals surface area contributed by atoms with Crippen LogP contribution in [-0.2, 0) is 13.1 Å². The topological polar surface area (TPSA) is 50.1 Å². The molecule has 104 valence electrons. The third-order valence-electron chi connectivity index (χ3n) is 3.39. The highest BCUT2D eigenvalue weighted by atomic mass is 16.2. The SMILES string of the molecule is CCCn1nc(C)c(CNC(C)CCCO)c1C. The van der Waals surface area contributed by atoms with E-state index < -0.39 is 0 Å². The molecular weight excluding hydrogens is 226 g/mol. The average molecular weight is 253 g/mol. The zero-order valence-corrected chi connectivity index (χ0v) is 12.2. The molecule has 2 N–H and O–H groups in total. The van der Waals surface area contributed by atoms with E-state index >= 15 is 0 Å². The van der Waals surface area contributed by atoms with Crippen molar-refractivity contribution in [3.8, 4) is 0 Å². The van der Waals surface area contributed by atoms with Crippen molar-refractivity contribution in [1.82, 2.24) is 15.1 Å². The lowest BCUT2D eigenvalue weighted by molar-refractivity contribution is 0.276. The van der Waals surface area contributed by atoms with Gasteiger partial charge in [-0.2, -0.15) is 5.10 Å². The molecule has 18 heavy (non-hydrogen) atoms. The molecule has 1 unspecified atom stereocenters. The first kappa shape index (κ1) is 15.2. The molecule has 1 aromatic rings. The normalized spacial score (nSPS) is 12.9. The van der Waals surface area contributed by atoms with E-state index in [0.29, 0.717) is 6.04 Å². The van der Waals surface area contributed by atoms with E-state index in [1.54, 1.807) is 0 Å². The van der Waals surface area contributed by atoms with Crippen LogP contribution in [0.25, 0.3) is 0 Å². The van der Waals surface area contributed by atoms with Crippen LogP contribution in [0, 0.1) is 13.8 Å². The van der Waals surface area contributed by atoms with Crippen LogP contribution in [0.15, 0.2) is 0 Å². The molecule has 0 fully saturated rings. The molecule has 0 radical (unpaired) electrons. The van der Waals surface area contributed by atoms with Gasteiger partial charge in [0.2, 0.25) is 0 Å². The summed E-state index contributed by atoms with van der Waals surface area (Å²) >= 11 is 0. The molecular formula is C14H27N3O. The lowest BCUT2D eigenvalue weighted by atomic mass is 10.1. The molecule has 0 aliphatic heterocycles. The van der Waals surface area contributed by atoms with Crippen LogP contribution < -0.4 is 5.32 Å². The van der Waals surface area contributed by atoms with E-state index in [1.807, 2.05) is 0 Å². The van der Waals surface area contributed by atoms with Crippen LogP contribution in [0.2, 0.25) is 0 Å². The Balaban J connectivity index is 2.56. The third-order valence-corrected chi connectivity index (χ3v) is 3.39. The largest absolute Gasteiger partial charge is 0.396 e. The maximum atomic E-state index is 8.81. The van der Waals surface area contributed by atoms with Gasteiger partial charge in [0.1, 0.15) is 0 Å². The minimum atomic E-state index is 0.276. The van der Waals surface area contributed by atoms with Crippen LogP contribution >= 0.6 is 0 Å². The smallest absolute Gasteiger partial charge is 0.0641 e. The second-order valence-corrected chi connectivity index (χ2v) is 5.02. The average Bonchev–Trinajstić information content (AvgIpc) is 2.60. The molecule has 0 saturated heterocycles. The minimum absolute atomic E-state index is 0.276. The first-order chi connectivity index (χ1) is 8.60.